The van der Waals surface area contributed by atoms with Gasteiger partial charge >= 0.3 is 0 Å². The van der Waals surface area contributed by atoms with Gasteiger partial charge in [-0.1, -0.05) is 30.7 Å². The second-order valence-electron chi connectivity index (χ2n) is 22.2. The number of hydrogen-bond acceptors (Lipinski definition) is 12. The number of rotatable bonds is 13. The van der Waals surface area contributed by atoms with Gasteiger partial charge in [-0.3, -0.25) is 24.2 Å². The topological polar surface area (TPSA) is 149 Å². The average molecular weight is 986 g/mol. The molecule has 2 bridgehead atoms. The molecule has 1 unspecified atom stereocenters. The zero-order chi connectivity index (χ0) is 48.3. The van der Waals surface area contributed by atoms with Crippen molar-refractivity contribution in [2.24, 2.45) is 5.41 Å². The summed E-state index contributed by atoms with van der Waals surface area (Å²) in [5, 5.41) is 18.7. The molecule has 3 saturated carbocycles. The van der Waals surface area contributed by atoms with Crippen LogP contribution in [0.4, 0.5) is 4.39 Å². The first-order chi connectivity index (χ1) is 34.6. The smallest absolute Gasteiger partial charge is 0.272 e. The average Bonchev–Trinajstić information content (AvgIpc) is 4.05. The number of hydrogen-bond donors (Lipinski definition) is 1. The van der Waals surface area contributed by atoms with E-state index in [0.717, 1.165) is 89.7 Å². The number of ether oxygens (including phenoxy) is 1. The van der Waals surface area contributed by atoms with Crippen molar-refractivity contribution in [1.29, 1.82) is 0 Å². The molecule has 15 nitrogen and oxygen atoms in total. The van der Waals surface area contributed by atoms with Crippen LogP contribution in [0, 0.1) is 18.2 Å². The highest BCUT2D eigenvalue weighted by Crippen LogP contribution is 2.74. The van der Waals surface area contributed by atoms with E-state index >= 15 is 4.39 Å². The molecule has 1 atom stereocenters. The molecule has 8 aliphatic rings. The zero-order valence-electron chi connectivity index (χ0n) is 41.3. The van der Waals surface area contributed by atoms with Crippen LogP contribution in [0.3, 0.4) is 0 Å². The van der Waals surface area contributed by atoms with Crippen LogP contribution in [-0.2, 0) is 40.9 Å². The first-order valence-electron chi connectivity index (χ1n) is 26.6. The Hall–Kier alpha value is -4.94. The molecular weight excluding hydrogens is 918 g/mol. The molecule has 3 aliphatic carbocycles. The summed E-state index contributed by atoms with van der Waals surface area (Å²) in [6.45, 7) is 12.4. The van der Waals surface area contributed by atoms with E-state index in [-0.39, 0.29) is 29.0 Å². The number of fused-ring (bicyclic) bond motifs is 2. The van der Waals surface area contributed by atoms with Crippen molar-refractivity contribution in [2.45, 2.75) is 134 Å². The summed E-state index contributed by atoms with van der Waals surface area (Å²) >= 11 is 1.93. The predicted molar refractivity (Wildman–Crippen MR) is 269 cm³/mol. The largest absolute Gasteiger partial charge is 0.375 e. The molecule has 1 N–H and O–H groups in total. The Morgan fingerprint density at radius 2 is 1.55 bits per heavy atom. The number of aromatic amines is 1. The highest BCUT2D eigenvalue weighted by molar-refractivity contribution is 7.11. The fourth-order valence-electron chi connectivity index (χ4n) is 13.8. The minimum atomic E-state index is -0.584. The third-order valence-corrected chi connectivity index (χ3v) is 18.3. The number of benzene rings is 2. The molecule has 0 spiro atoms. The lowest BCUT2D eigenvalue weighted by molar-refractivity contribution is -0.163. The van der Waals surface area contributed by atoms with Crippen molar-refractivity contribution in [3.63, 3.8) is 0 Å². The highest BCUT2D eigenvalue weighted by atomic mass is 32.1. The number of H-pyrrole nitrogens is 1. The number of carbonyl (C=O) groups is 2. The lowest BCUT2D eigenvalue weighted by Gasteiger charge is -2.71. The van der Waals surface area contributed by atoms with E-state index in [4.69, 9.17) is 14.8 Å². The molecule has 0 radical (unpaired) electrons. The summed E-state index contributed by atoms with van der Waals surface area (Å²) in [5.74, 6) is 1.47. The molecule has 7 fully saturated rings. The number of aryl methyl sites for hydroxylation is 2. The summed E-state index contributed by atoms with van der Waals surface area (Å²) in [7, 11) is 0. The number of aromatic nitrogens is 6. The summed E-state index contributed by atoms with van der Waals surface area (Å²) in [4.78, 5) is 57.2. The number of piperidine rings is 2. The molecule has 5 aliphatic heterocycles. The second-order valence-corrected chi connectivity index (χ2v) is 23.5. The second kappa shape index (κ2) is 19.5. The molecule has 2 amide bonds. The molecule has 376 valence electrons. The maximum atomic E-state index is 15.1. The first-order valence-corrected chi connectivity index (χ1v) is 27.4. The molecule has 4 saturated heterocycles. The van der Waals surface area contributed by atoms with Crippen molar-refractivity contribution < 1.29 is 18.7 Å². The van der Waals surface area contributed by atoms with E-state index in [1.807, 2.05) is 28.4 Å². The Kier molecular flexibility index (Phi) is 12.9. The maximum Gasteiger partial charge on any atom is 0.272 e. The van der Waals surface area contributed by atoms with Gasteiger partial charge in [0.25, 0.3) is 11.5 Å². The van der Waals surface area contributed by atoms with Crippen LogP contribution in [0.2, 0.25) is 0 Å². The van der Waals surface area contributed by atoms with Gasteiger partial charge in [-0.05, 0) is 113 Å². The van der Waals surface area contributed by atoms with Crippen LogP contribution < -0.4 is 5.56 Å². The van der Waals surface area contributed by atoms with Gasteiger partial charge in [0.15, 0.2) is 0 Å². The Morgan fingerprint density at radius 1 is 0.817 bits per heavy atom. The minimum Gasteiger partial charge on any atom is -0.375 e. The van der Waals surface area contributed by atoms with Gasteiger partial charge in [-0.25, -0.2) is 14.5 Å². The SMILES string of the molecule is Cc1sc(CN2CCCC2c2nnc3n2CCCCC3)nc1C12CC(CN3CCC(OC4CCN(CC(=O)N5CCN(C(=O)c6cc(Cc7n[nH]c(=O)c8ccccc78)ccc6F)CC5)CC4)CC3)(C1)C2. The lowest BCUT2D eigenvalue weighted by atomic mass is 9.34. The normalized spacial score (nSPS) is 25.8. The van der Waals surface area contributed by atoms with E-state index in [1.165, 1.54) is 84.8 Å². The van der Waals surface area contributed by atoms with Gasteiger partial charge in [0.1, 0.15) is 22.5 Å². The van der Waals surface area contributed by atoms with E-state index in [0.29, 0.717) is 78.8 Å². The fourth-order valence-corrected chi connectivity index (χ4v) is 14.9. The van der Waals surface area contributed by atoms with Gasteiger partial charge in [0, 0.05) is 94.0 Å². The number of halogens is 1. The number of thiazole rings is 1. The monoisotopic (exact) mass is 986 g/mol. The fraction of sp³-hybridized carbons (Fsp3) is 0.611. The summed E-state index contributed by atoms with van der Waals surface area (Å²) in [6, 6.07) is 12.1. The van der Waals surface area contributed by atoms with Crippen LogP contribution in [0.15, 0.2) is 47.3 Å². The summed E-state index contributed by atoms with van der Waals surface area (Å²) in [5.41, 5.74) is 3.24. The van der Waals surface area contributed by atoms with Gasteiger partial charge in [-0.15, -0.1) is 21.5 Å². The van der Waals surface area contributed by atoms with Gasteiger partial charge < -0.3 is 24.0 Å². The molecule has 3 aromatic heterocycles. The van der Waals surface area contributed by atoms with Crippen LogP contribution >= 0.6 is 11.3 Å². The number of likely N-dealkylation sites (tertiary alicyclic amines) is 3. The third-order valence-electron chi connectivity index (χ3n) is 17.3. The quantitative estimate of drug-likeness (QED) is 0.139. The third kappa shape index (κ3) is 9.38. The summed E-state index contributed by atoms with van der Waals surface area (Å²) < 4.78 is 24.3. The van der Waals surface area contributed by atoms with Crippen molar-refractivity contribution >= 4 is 33.9 Å². The minimum absolute atomic E-state index is 0.00103. The molecule has 71 heavy (non-hydrogen) atoms. The number of carbonyl (C=O) groups excluding carboxylic acids is 2. The number of nitrogens with zero attached hydrogens (tertiary/aromatic N) is 10. The van der Waals surface area contributed by atoms with E-state index in [1.54, 1.807) is 29.2 Å². The van der Waals surface area contributed by atoms with Crippen molar-refractivity contribution in [1.82, 2.24) is 54.4 Å². The zero-order valence-corrected chi connectivity index (χ0v) is 42.1. The summed E-state index contributed by atoms with van der Waals surface area (Å²) in [6.07, 6.45) is 15.9. The molecular formula is C54H68FN11O4S. The van der Waals surface area contributed by atoms with Gasteiger partial charge in [-0.2, -0.15) is 5.10 Å². The van der Waals surface area contributed by atoms with Crippen LogP contribution in [0.25, 0.3) is 10.8 Å². The predicted octanol–water partition coefficient (Wildman–Crippen LogP) is 6.42. The molecule has 2 aromatic carbocycles. The number of piperazine rings is 1. The standard InChI is InChI=1S/C54H68FN11O4S/c1-36-49(56-47(71-36)30-65-18-7-10-45(65)50-59-58-46-11-3-2-6-19-66(46)50)54-32-53(33-54,34-54)35-62-22-16-39(17-23-62)70-38-14-20-61(21-15-38)31-48(67)63-24-26-64(27-25-63)52(69)42-28-37(12-13-43(42)55)29-44-40-8-4-5-9-41(40)51(68)60-57-44/h4-5,8-9,12-13,28,38-39,45H,2-3,6-7,10-11,14-27,29-35H2,1H3,(H,60,68). The van der Waals surface area contributed by atoms with E-state index in [2.05, 4.69) is 41.5 Å². The Bertz CT molecular complexity index is 2820. The van der Waals surface area contributed by atoms with Crippen LogP contribution in [0.1, 0.15) is 132 Å². The molecule has 17 heteroatoms. The molecule has 13 rings (SSSR count). The van der Waals surface area contributed by atoms with E-state index < -0.39 is 5.82 Å². The van der Waals surface area contributed by atoms with Crippen molar-refractivity contribution in [3.05, 3.63) is 103 Å². The van der Waals surface area contributed by atoms with Crippen LogP contribution in [-0.4, -0.2) is 150 Å². The van der Waals surface area contributed by atoms with Gasteiger partial charge in [0.05, 0.1) is 53.7 Å². The molecule has 8 heterocycles. The van der Waals surface area contributed by atoms with Crippen LogP contribution in [0.5, 0.6) is 0 Å². The Morgan fingerprint density at radius 3 is 2.32 bits per heavy atom. The first kappa shape index (κ1) is 47.1. The maximum absolute atomic E-state index is 15.1. The Labute approximate surface area is 419 Å². The molecule has 5 aromatic rings. The number of nitrogens with one attached hydrogen (secondary N) is 1. The van der Waals surface area contributed by atoms with Crippen molar-refractivity contribution in [3.8, 4) is 0 Å². The van der Waals surface area contributed by atoms with Gasteiger partial charge in [0.2, 0.25) is 5.91 Å². The highest BCUT2D eigenvalue weighted by Gasteiger charge is 2.69. The van der Waals surface area contributed by atoms with E-state index in [9.17, 15) is 14.4 Å². The number of amides is 2. The lowest BCUT2D eigenvalue weighted by Crippen LogP contribution is -2.68. The Balaban J connectivity index is 0.550. The van der Waals surface area contributed by atoms with Crippen molar-refractivity contribution in [2.75, 3.05) is 72.0 Å².